The Morgan fingerprint density at radius 2 is 1.76 bits per heavy atom. The molecule has 2 aromatic heterocycles. The Hall–Kier alpha value is -3.79. The maximum atomic E-state index is 12.5. The molecule has 0 aliphatic carbocycles. The van der Waals surface area contributed by atoms with Gasteiger partial charge in [-0.3, -0.25) is 14.5 Å². The minimum absolute atomic E-state index is 0.0413. The molecule has 0 aliphatic heterocycles. The van der Waals surface area contributed by atoms with Gasteiger partial charge in [0.1, 0.15) is 11.4 Å². The van der Waals surface area contributed by atoms with Crippen LogP contribution in [0.4, 0.5) is 0 Å². The van der Waals surface area contributed by atoms with Crippen molar-refractivity contribution in [2.75, 3.05) is 0 Å². The number of rotatable bonds is 6. The molecular formula is C21H20N5O6P. The molecule has 0 saturated heterocycles. The maximum Gasteiger partial charge on any atom is 0.357 e. The first-order valence-electron chi connectivity index (χ1n) is 9.74. The Labute approximate surface area is 187 Å². The Morgan fingerprint density at radius 1 is 1.06 bits per heavy atom. The molecule has 11 nitrogen and oxygen atoms in total. The number of H-pyrrole nitrogens is 1. The monoisotopic (exact) mass is 469 g/mol. The highest BCUT2D eigenvalue weighted by atomic mass is 31.2. The van der Waals surface area contributed by atoms with Crippen molar-refractivity contribution in [1.82, 2.24) is 25.7 Å². The highest BCUT2D eigenvalue weighted by Gasteiger charge is 2.37. The van der Waals surface area contributed by atoms with Crippen molar-refractivity contribution in [3.8, 4) is 28.6 Å². The smallest absolute Gasteiger partial charge is 0.357 e. The Balaban J connectivity index is 1.60. The molecule has 1 atom stereocenters. The van der Waals surface area contributed by atoms with E-state index in [4.69, 9.17) is 4.42 Å². The van der Waals surface area contributed by atoms with E-state index in [2.05, 4.69) is 25.7 Å². The van der Waals surface area contributed by atoms with Gasteiger partial charge in [-0.25, -0.2) is 0 Å². The van der Waals surface area contributed by atoms with Gasteiger partial charge in [0.2, 0.25) is 5.78 Å². The number of benzene rings is 2. The average Bonchev–Trinajstić information content (AvgIpc) is 3.41. The molecule has 0 fully saturated rings. The second kappa shape index (κ2) is 8.62. The number of amides is 1. The summed E-state index contributed by atoms with van der Waals surface area (Å²) in [5, 5.41) is 26.7. The lowest BCUT2D eigenvalue weighted by atomic mass is 10.1. The number of nitrogens with one attached hydrogen (secondary N) is 2. The summed E-state index contributed by atoms with van der Waals surface area (Å²) in [4.78, 5) is 32.0. The summed E-state index contributed by atoms with van der Waals surface area (Å²) < 4.78 is 17.5. The molecule has 5 N–H and O–H groups in total. The van der Waals surface area contributed by atoms with Crippen LogP contribution in [0.5, 0.6) is 5.75 Å². The molecule has 33 heavy (non-hydrogen) atoms. The summed E-state index contributed by atoms with van der Waals surface area (Å²) in [6.45, 7) is 3.69. The summed E-state index contributed by atoms with van der Waals surface area (Å²) in [5.74, 6) is -3.07. The van der Waals surface area contributed by atoms with Crippen LogP contribution < -0.4 is 5.32 Å². The van der Waals surface area contributed by atoms with Gasteiger partial charge in [-0.05, 0) is 49.7 Å². The van der Waals surface area contributed by atoms with E-state index in [-0.39, 0.29) is 22.9 Å². The van der Waals surface area contributed by atoms with Gasteiger partial charge in [-0.1, -0.05) is 23.8 Å². The van der Waals surface area contributed by atoms with E-state index in [1.807, 2.05) is 19.9 Å². The number of aromatic nitrogens is 4. The highest BCUT2D eigenvalue weighted by Crippen LogP contribution is 2.49. The van der Waals surface area contributed by atoms with E-state index in [0.717, 1.165) is 11.1 Å². The van der Waals surface area contributed by atoms with Crippen LogP contribution in [0.1, 0.15) is 33.2 Å². The van der Waals surface area contributed by atoms with E-state index in [1.165, 1.54) is 12.1 Å². The summed E-state index contributed by atoms with van der Waals surface area (Å²) in [5.41, 5.74) is 3.16. The van der Waals surface area contributed by atoms with Crippen molar-refractivity contribution in [2.45, 2.75) is 19.6 Å². The lowest BCUT2D eigenvalue weighted by molar-refractivity contribution is 0.0938. The van der Waals surface area contributed by atoms with Gasteiger partial charge in [0, 0.05) is 11.1 Å². The minimum atomic E-state index is -4.90. The van der Waals surface area contributed by atoms with Crippen LogP contribution in [-0.4, -0.2) is 41.2 Å². The van der Waals surface area contributed by atoms with Crippen LogP contribution >= 0.6 is 7.60 Å². The van der Waals surface area contributed by atoms with E-state index >= 15 is 0 Å². The quantitative estimate of drug-likeness (QED) is 0.266. The van der Waals surface area contributed by atoms with Gasteiger partial charge in [-0.2, -0.15) is 5.10 Å². The molecule has 2 aromatic carbocycles. The van der Waals surface area contributed by atoms with E-state index in [9.17, 15) is 24.3 Å². The van der Waals surface area contributed by atoms with Gasteiger partial charge in [-0.15, -0.1) is 10.2 Å². The predicted molar refractivity (Wildman–Crippen MR) is 117 cm³/mol. The SMILES string of the molecule is Cc1ccc(C(=O)N[C@@H](c2nnc(-c3cc(-c4ccc(C)cc4O)n[nH]3)o2)P(=O)(O)O)cc1. The number of phenolic OH excluding ortho intramolecular Hbond substituents is 1. The first kappa shape index (κ1) is 22.4. The fourth-order valence-electron chi connectivity index (χ4n) is 3.08. The maximum absolute atomic E-state index is 12.5. The van der Waals surface area contributed by atoms with Crippen molar-refractivity contribution in [2.24, 2.45) is 0 Å². The molecule has 12 heteroatoms. The summed E-state index contributed by atoms with van der Waals surface area (Å²) in [6.07, 6.45) is 0. The number of nitrogens with zero attached hydrogens (tertiary/aromatic N) is 3. The molecule has 0 spiro atoms. The number of carbonyl (C=O) groups is 1. The molecule has 0 unspecified atom stereocenters. The number of aromatic amines is 1. The molecular weight excluding hydrogens is 449 g/mol. The van der Waals surface area contributed by atoms with Gasteiger partial charge in [0.05, 0.1) is 5.69 Å². The average molecular weight is 469 g/mol. The lowest BCUT2D eigenvalue weighted by Crippen LogP contribution is -2.28. The van der Waals surface area contributed by atoms with Crippen molar-refractivity contribution in [1.29, 1.82) is 0 Å². The number of aromatic hydroxyl groups is 1. The third-order valence-corrected chi connectivity index (χ3v) is 5.85. The molecule has 4 rings (SSSR count). The third-order valence-electron chi connectivity index (χ3n) is 4.83. The zero-order valence-electron chi connectivity index (χ0n) is 17.6. The molecule has 0 saturated carbocycles. The number of phenols is 1. The number of carbonyl (C=O) groups excluding carboxylic acids is 1. The third kappa shape index (κ3) is 4.85. The molecule has 2 heterocycles. The highest BCUT2D eigenvalue weighted by molar-refractivity contribution is 7.52. The van der Waals surface area contributed by atoms with Crippen molar-refractivity contribution in [3.63, 3.8) is 0 Å². The van der Waals surface area contributed by atoms with Gasteiger partial charge in [0.25, 0.3) is 17.7 Å². The van der Waals surface area contributed by atoms with Crippen molar-refractivity contribution >= 4 is 13.5 Å². The Bertz CT molecular complexity index is 1360. The Morgan fingerprint density at radius 3 is 2.42 bits per heavy atom. The number of hydrogen-bond donors (Lipinski definition) is 5. The van der Waals surface area contributed by atoms with E-state index < -0.39 is 25.2 Å². The molecule has 170 valence electrons. The second-order valence-corrected chi connectivity index (χ2v) is 9.16. The molecule has 0 radical (unpaired) electrons. The first-order valence-corrected chi connectivity index (χ1v) is 11.4. The standard InChI is InChI=1S/C21H20N5O6P/c1-11-3-6-13(7-4-11)18(28)22-21(33(29,30)31)20-26-25-19(32-20)16-10-15(23-24-16)14-8-5-12(2)9-17(14)27/h3-10,21,27H,1-2H3,(H,22,28)(H,23,24)(H2,29,30,31)/t21-/m1/s1. The molecule has 0 aliphatic rings. The van der Waals surface area contributed by atoms with Crippen LogP contribution in [0.25, 0.3) is 22.8 Å². The lowest BCUT2D eigenvalue weighted by Gasteiger charge is -2.16. The zero-order valence-corrected chi connectivity index (χ0v) is 18.4. The van der Waals surface area contributed by atoms with E-state index in [1.54, 1.807) is 30.3 Å². The van der Waals surface area contributed by atoms with Gasteiger partial charge >= 0.3 is 7.60 Å². The fourth-order valence-corrected chi connectivity index (χ4v) is 3.76. The summed E-state index contributed by atoms with van der Waals surface area (Å²) in [6, 6.07) is 13.1. The van der Waals surface area contributed by atoms with E-state index in [0.29, 0.717) is 11.3 Å². The largest absolute Gasteiger partial charge is 0.507 e. The van der Waals surface area contributed by atoms with Crippen LogP contribution in [0.2, 0.25) is 0 Å². The molecule has 4 aromatic rings. The summed E-state index contributed by atoms with van der Waals surface area (Å²) >= 11 is 0. The molecule has 1 amide bonds. The number of hydrogen-bond acceptors (Lipinski definition) is 7. The second-order valence-electron chi connectivity index (χ2n) is 7.46. The topological polar surface area (TPSA) is 174 Å². The predicted octanol–water partition coefficient (Wildman–Crippen LogP) is 3.06. The van der Waals surface area contributed by atoms with Crippen LogP contribution in [0.3, 0.4) is 0 Å². The minimum Gasteiger partial charge on any atom is -0.507 e. The van der Waals surface area contributed by atoms with Gasteiger partial charge < -0.3 is 24.6 Å². The van der Waals surface area contributed by atoms with Crippen molar-refractivity contribution in [3.05, 3.63) is 71.1 Å². The fraction of sp³-hybridized carbons (Fsp3) is 0.143. The zero-order chi connectivity index (χ0) is 23.8. The first-order chi connectivity index (χ1) is 15.6. The van der Waals surface area contributed by atoms with Crippen LogP contribution in [0, 0.1) is 13.8 Å². The van der Waals surface area contributed by atoms with Crippen LogP contribution in [0.15, 0.2) is 52.9 Å². The van der Waals surface area contributed by atoms with Crippen LogP contribution in [-0.2, 0) is 4.57 Å². The Kier molecular flexibility index (Phi) is 5.86. The normalized spacial score (nSPS) is 12.5. The molecule has 0 bridgehead atoms. The van der Waals surface area contributed by atoms with Crippen molar-refractivity contribution < 1.29 is 28.7 Å². The summed E-state index contributed by atoms with van der Waals surface area (Å²) in [7, 11) is -4.90. The number of aryl methyl sites for hydroxylation is 2. The van der Waals surface area contributed by atoms with Gasteiger partial charge in [0.15, 0.2) is 0 Å².